The number of hydrogen-bond donors (Lipinski definition) is 7. The number of hydrogen-bond acceptors (Lipinski definition) is 13. The van der Waals surface area contributed by atoms with Crippen molar-refractivity contribution in [3.8, 4) is 50.4 Å². The second kappa shape index (κ2) is 30.7. The van der Waals surface area contributed by atoms with Crippen molar-refractivity contribution in [2.24, 2.45) is 0 Å². The summed E-state index contributed by atoms with van der Waals surface area (Å²) in [7, 11) is 0. The minimum atomic E-state index is -0.633. The summed E-state index contributed by atoms with van der Waals surface area (Å²) >= 11 is 6.26. The van der Waals surface area contributed by atoms with Crippen molar-refractivity contribution in [1.29, 1.82) is 0 Å². The van der Waals surface area contributed by atoms with Gasteiger partial charge < -0.3 is 46.7 Å². The lowest BCUT2D eigenvalue weighted by atomic mass is 9.99. The minimum absolute atomic E-state index is 0.0117. The number of nitrogens with one attached hydrogen (secondary N) is 7. The van der Waals surface area contributed by atoms with Crippen LogP contribution >= 0.6 is 11.6 Å². The number of amides is 4. The lowest BCUT2D eigenvalue weighted by Crippen LogP contribution is -2.27. The molecule has 1 saturated carbocycles. The molecule has 4 amide bonds. The van der Waals surface area contributed by atoms with Gasteiger partial charge >= 0.3 is 6.09 Å². The molecule has 7 aromatic carbocycles. The lowest BCUT2D eigenvalue weighted by Gasteiger charge is -2.22. The predicted molar refractivity (Wildman–Crippen MR) is 429 cm³/mol. The number of aromatic nitrogens is 7. The summed E-state index contributed by atoms with van der Waals surface area (Å²) in [4.78, 5) is 61.3. The molecule has 11 aromatic rings. The van der Waals surface area contributed by atoms with E-state index >= 15 is 0 Å². The van der Waals surface area contributed by atoms with Crippen LogP contribution in [-0.2, 0) is 29.5 Å². The molecule has 7 N–H and O–H groups in total. The molecule has 0 unspecified atom stereocenters. The van der Waals surface area contributed by atoms with Crippen LogP contribution in [-0.4, -0.2) is 93.5 Å². The first-order valence-corrected chi connectivity index (χ1v) is 37.4. The smallest absolute Gasteiger partial charge is 0.419 e. The molecule has 21 nitrogen and oxygen atoms in total. The Morgan fingerprint density at radius 3 is 1.74 bits per heavy atom. The molecule has 22 heteroatoms. The zero-order valence-corrected chi connectivity index (χ0v) is 63.8. The van der Waals surface area contributed by atoms with Crippen LogP contribution in [0.1, 0.15) is 164 Å². The molecule has 1 fully saturated rings. The van der Waals surface area contributed by atoms with Crippen molar-refractivity contribution in [2.75, 3.05) is 37.2 Å². The molecule has 1 aliphatic carbocycles. The number of rotatable bonds is 9. The summed E-state index contributed by atoms with van der Waals surface area (Å²) in [5.74, 6) is 1.14. The Bertz CT molecular complexity index is 5170. The number of carbonyl (C=O) groups excluding carboxylic acids is 5. The van der Waals surface area contributed by atoms with E-state index in [0.29, 0.717) is 59.1 Å². The number of nitrogens with zero attached hydrogens (tertiary/aromatic N) is 7. The van der Waals surface area contributed by atoms with Crippen LogP contribution < -0.4 is 42.0 Å². The quantitative estimate of drug-likeness (QED) is 0.0712. The third kappa shape index (κ3) is 16.7. The van der Waals surface area contributed by atoms with Crippen LogP contribution in [0.3, 0.4) is 0 Å². The topological polar surface area (TPSA) is 246 Å². The lowest BCUT2D eigenvalue weighted by molar-refractivity contribution is -0.117. The van der Waals surface area contributed by atoms with E-state index in [1.807, 2.05) is 160 Å². The van der Waals surface area contributed by atoms with Gasteiger partial charge in [0.05, 0.1) is 92.6 Å². The predicted octanol–water partition coefficient (Wildman–Crippen LogP) is 19.3. The van der Waals surface area contributed by atoms with E-state index in [1.165, 1.54) is 35.0 Å². The molecule has 107 heavy (non-hydrogen) atoms. The van der Waals surface area contributed by atoms with Crippen LogP contribution in [0.4, 0.5) is 44.6 Å². The monoisotopic (exact) mass is 1460 g/mol. The largest absolute Gasteiger partial charge is 0.487 e. The van der Waals surface area contributed by atoms with E-state index in [4.69, 9.17) is 26.2 Å². The number of carbonyl (C=O) groups is 5. The van der Waals surface area contributed by atoms with Gasteiger partial charge in [-0.05, 0) is 174 Å². The van der Waals surface area contributed by atoms with Gasteiger partial charge in [-0.1, -0.05) is 103 Å². The molecule has 0 saturated heterocycles. The van der Waals surface area contributed by atoms with Crippen LogP contribution in [0.2, 0.25) is 5.02 Å². The number of halogens is 1. The van der Waals surface area contributed by atoms with Gasteiger partial charge in [-0.3, -0.25) is 33.2 Å². The SMILES string of the molecule is CC[C@@H](C)n1nc(C2CC2)c2cc(-c3cccc4c3N[C@H](C)CC(=O)N4)ccc21.C[C@@H]1CC(=O)Nc2cc(Cl)cc(-c3cnn(C(C)(C)C)c3)c2N1.C[C@@H]1CC(=O)Nc2cccc(-c3cc4ccccc4n3C(=O)OC(C)(C)C)c2O1.C[C@@H]1CC(=O)Nc2cccc(-c3cnn([C@@H](C)c4ccccc4)c3)c2N1. The third-order valence-corrected chi connectivity index (χ3v) is 19.8. The highest BCUT2D eigenvalue weighted by molar-refractivity contribution is 6.31. The van der Waals surface area contributed by atoms with Gasteiger partial charge in [-0.2, -0.15) is 15.3 Å². The van der Waals surface area contributed by atoms with Crippen molar-refractivity contribution in [1.82, 2.24) is 33.9 Å². The molecule has 4 aromatic heterocycles. The van der Waals surface area contributed by atoms with Gasteiger partial charge in [0.25, 0.3) is 0 Å². The summed E-state index contributed by atoms with van der Waals surface area (Å²) in [5, 5.41) is 39.1. The van der Waals surface area contributed by atoms with Crippen molar-refractivity contribution in [3.05, 3.63) is 187 Å². The first-order valence-electron chi connectivity index (χ1n) is 37.0. The maximum absolute atomic E-state index is 13.1. The molecular weight excluding hydrogens is 1360 g/mol. The maximum Gasteiger partial charge on any atom is 0.419 e. The molecule has 4 aliphatic heterocycles. The van der Waals surface area contributed by atoms with Gasteiger partial charge in [0.2, 0.25) is 23.6 Å². The van der Waals surface area contributed by atoms with E-state index in [2.05, 4.69) is 149 Å². The molecule has 5 aliphatic rings. The third-order valence-electron chi connectivity index (χ3n) is 19.5. The Balaban J connectivity index is 0.000000127. The Morgan fingerprint density at radius 2 is 1.13 bits per heavy atom. The Morgan fingerprint density at radius 1 is 0.579 bits per heavy atom. The average Bonchev–Trinajstić information content (AvgIpc) is 1.62. The average molecular weight is 1460 g/mol. The maximum atomic E-state index is 13.1. The molecule has 16 rings (SSSR count). The highest BCUT2D eigenvalue weighted by atomic mass is 35.5. The normalized spacial score (nSPS) is 18.0. The number of benzene rings is 7. The minimum Gasteiger partial charge on any atom is -0.487 e. The van der Waals surface area contributed by atoms with E-state index in [9.17, 15) is 24.0 Å². The van der Waals surface area contributed by atoms with E-state index in [1.54, 1.807) is 16.7 Å². The first kappa shape index (κ1) is 74.1. The van der Waals surface area contributed by atoms with Gasteiger partial charge in [0.1, 0.15) is 11.7 Å². The second-order valence-electron chi connectivity index (χ2n) is 30.7. The van der Waals surface area contributed by atoms with E-state index in [0.717, 1.165) is 84.7 Å². The standard InChI is InChI=1S/C24H28N4O.C23H24N2O4.C21H22N4O.C17H21ClN4O/c1-4-15(3)28-21-11-10-17(13-19(21)23(27-28)16-8-9-16)18-6-5-7-20-24(18)25-14(2)12-22(29)26-20;1-14-12-20(26)24-17-10-7-9-16(21(17)28-14)19-13-15-8-5-6-11-18(15)25(19)22(27)29-23(2,3)4;1-14-11-20(26)24-19-10-6-9-18(21(19)23-14)17-12-22-25(13-17)15(2)16-7-4-3-5-8-16;1-10-5-15(23)21-14-7-12(18)6-13(16(14)20-10)11-8-19-22(9-11)17(2,3)4/h5-7,10-11,13-16,25H,4,8-9,12H2,1-3H3,(H,26,29);5-11,13-14H,12H2,1-4H3,(H,24,26);3-10,12-15,23H,11H2,1-2H3,(H,24,26);6-10,20H,5H2,1-4H3,(H,21,23)/t14-,15-;14-;14-,15+;10-/m1111/s1. The summed E-state index contributed by atoms with van der Waals surface area (Å²) < 4.78 is 19.4. The van der Waals surface area contributed by atoms with Crippen molar-refractivity contribution in [3.63, 3.8) is 0 Å². The van der Waals surface area contributed by atoms with E-state index in [-0.39, 0.29) is 65.9 Å². The molecular formula is C85H95ClN14O7. The van der Waals surface area contributed by atoms with Gasteiger partial charge in [0.15, 0.2) is 5.75 Å². The number of anilines is 7. The fraction of sp³-hybridized carbons (Fsp3) is 0.341. The van der Waals surface area contributed by atoms with E-state index < -0.39 is 11.7 Å². The highest BCUT2D eigenvalue weighted by Gasteiger charge is 2.33. The molecule has 0 spiro atoms. The fourth-order valence-corrected chi connectivity index (χ4v) is 14.2. The second-order valence-corrected chi connectivity index (χ2v) is 31.2. The number of para-hydroxylation sites is 4. The Labute approximate surface area is 629 Å². The first-order chi connectivity index (χ1) is 51.1. The Kier molecular flexibility index (Phi) is 21.3. The van der Waals surface area contributed by atoms with Crippen molar-refractivity contribution < 1.29 is 33.4 Å². The number of fused-ring (bicyclic) bond motifs is 6. The number of ether oxygens (including phenoxy) is 2. The van der Waals surface area contributed by atoms with Gasteiger partial charge in [-0.25, -0.2) is 9.36 Å². The van der Waals surface area contributed by atoms with Gasteiger partial charge in [-0.15, -0.1) is 0 Å². The summed E-state index contributed by atoms with van der Waals surface area (Å²) in [6.07, 6.45) is 12.2. The Hall–Kier alpha value is -11.2. The fourth-order valence-electron chi connectivity index (χ4n) is 14.0. The molecule has 0 radical (unpaired) electrons. The highest BCUT2D eigenvalue weighted by Crippen LogP contribution is 2.47. The molecule has 554 valence electrons. The van der Waals surface area contributed by atoms with Crippen LogP contribution in [0, 0.1) is 0 Å². The zero-order valence-electron chi connectivity index (χ0n) is 63.0. The summed E-state index contributed by atoms with van der Waals surface area (Å²) in [5.41, 5.74) is 17.2. The van der Waals surface area contributed by atoms with Gasteiger partial charge in [0, 0.05) is 111 Å². The molecule has 8 heterocycles. The van der Waals surface area contributed by atoms with Crippen LogP contribution in [0.15, 0.2) is 170 Å². The van der Waals surface area contributed by atoms with Crippen molar-refractivity contribution in [2.45, 2.75) is 188 Å². The zero-order chi connectivity index (χ0) is 75.8. The van der Waals surface area contributed by atoms with Crippen LogP contribution in [0.5, 0.6) is 5.75 Å². The molecule has 6 atom stereocenters. The summed E-state index contributed by atoms with van der Waals surface area (Å²) in [6, 6.07) is 48.7. The van der Waals surface area contributed by atoms with Crippen molar-refractivity contribution >= 4 is 103 Å². The summed E-state index contributed by atoms with van der Waals surface area (Å²) in [6.45, 7) is 26.3. The van der Waals surface area contributed by atoms with Crippen LogP contribution in [0.25, 0.3) is 66.4 Å². The molecule has 0 bridgehead atoms.